The second-order valence-corrected chi connectivity index (χ2v) is 9.65. The molecule has 0 bridgehead atoms. The smallest absolute Gasteiger partial charge is 0.264 e. The lowest BCUT2D eigenvalue weighted by molar-refractivity contribution is 0.237. The van der Waals surface area contributed by atoms with E-state index in [0.29, 0.717) is 4.90 Å². The molecule has 4 rings (SSSR count). The molecule has 0 aromatic heterocycles. The summed E-state index contributed by atoms with van der Waals surface area (Å²) < 4.78 is 28.9. The van der Waals surface area contributed by atoms with Crippen molar-refractivity contribution in [3.8, 4) is 0 Å². The maximum atomic E-state index is 13.6. The van der Waals surface area contributed by atoms with Gasteiger partial charge in [-0.3, -0.25) is 4.31 Å². The molecule has 138 valence electrons. The summed E-state index contributed by atoms with van der Waals surface area (Å²) in [4.78, 5) is 2.70. The predicted molar refractivity (Wildman–Crippen MR) is 105 cm³/mol. The molecule has 2 aliphatic rings. The molecule has 1 fully saturated rings. The van der Waals surface area contributed by atoms with Crippen LogP contribution in [0.2, 0.25) is 0 Å². The van der Waals surface area contributed by atoms with E-state index < -0.39 is 10.0 Å². The summed E-state index contributed by atoms with van der Waals surface area (Å²) >= 11 is 0. The minimum atomic E-state index is -3.58. The number of anilines is 1. The van der Waals surface area contributed by atoms with Crippen LogP contribution in [-0.4, -0.2) is 39.5 Å². The number of nitrogens with zero attached hydrogens (tertiary/aromatic N) is 2. The average molecular weight is 371 g/mol. The van der Waals surface area contributed by atoms with E-state index in [1.165, 1.54) is 11.1 Å². The maximum absolute atomic E-state index is 13.6. The zero-order chi connectivity index (χ0) is 18.6. The number of likely N-dealkylation sites (N-methyl/N-ethyl adjacent to an activating group) is 1. The van der Waals surface area contributed by atoms with Gasteiger partial charge in [-0.1, -0.05) is 23.8 Å². The summed E-state index contributed by atoms with van der Waals surface area (Å²) in [7, 11) is -1.46. The van der Waals surface area contributed by atoms with E-state index in [2.05, 4.69) is 24.9 Å². The molecule has 0 amide bonds. The molecule has 0 unspecified atom stereocenters. The van der Waals surface area contributed by atoms with E-state index in [1.807, 2.05) is 32.0 Å². The highest BCUT2D eigenvalue weighted by molar-refractivity contribution is 7.92. The Kier molecular flexibility index (Phi) is 4.12. The van der Waals surface area contributed by atoms with Crippen molar-refractivity contribution in [1.29, 1.82) is 0 Å². The lowest BCUT2D eigenvalue weighted by Gasteiger charge is -2.36. The van der Waals surface area contributed by atoms with Crippen LogP contribution in [0.4, 0.5) is 5.69 Å². The molecular weight excluding hydrogens is 344 g/mol. The molecule has 2 atom stereocenters. The molecule has 0 aliphatic carbocycles. The third kappa shape index (κ3) is 2.65. The first kappa shape index (κ1) is 17.6. The van der Waals surface area contributed by atoms with Crippen molar-refractivity contribution in [2.75, 3.05) is 24.4 Å². The molecule has 2 heterocycles. The van der Waals surface area contributed by atoms with Gasteiger partial charge in [-0.05, 0) is 75.7 Å². The molecule has 0 radical (unpaired) electrons. The van der Waals surface area contributed by atoms with Gasteiger partial charge in [0.05, 0.1) is 16.6 Å². The standard InChI is InChI=1S/C21H26N2O2S/c1-14-5-8-20-18(11-14)19-13-22(4)10-9-21(19)23(20)26(24,25)17-7-6-15(2)16(3)12-17/h5-8,11-12,19,21H,9-10,13H2,1-4H3/t19-,21-/m0/s1. The fraction of sp³-hybridized carbons (Fsp3) is 0.429. The first-order valence-corrected chi connectivity index (χ1v) is 10.6. The van der Waals surface area contributed by atoms with Gasteiger partial charge < -0.3 is 4.90 Å². The molecule has 2 aromatic rings. The second-order valence-electron chi connectivity index (χ2n) is 7.83. The van der Waals surface area contributed by atoms with Gasteiger partial charge in [0.2, 0.25) is 0 Å². The molecule has 2 aliphatic heterocycles. The summed E-state index contributed by atoms with van der Waals surface area (Å²) in [6, 6.07) is 11.6. The summed E-state index contributed by atoms with van der Waals surface area (Å²) in [6.07, 6.45) is 0.860. The van der Waals surface area contributed by atoms with E-state index in [4.69, 9.17) is 0 Å². The predicted octanol–water partition coefficient (Wildman–Crippen LogP) is 3.61. The molecule has 26 heavy (non-hydrogen) atoms. The molecule has 2 aromatic carbocycles. The Morgan fingerprint density at radius 1 is 1.00 bits per heavy atom. The van der Waals surface area contributed by atoms with Crippen molar-refractivity contribution < 1.29 is 8.42 Å². The minimum Gasteiger partial charge on any atom is -0.306 e. The molecule has 4 nitrogen and oxygen atoms in total. The van der Waals surface area contributed by atoms with Gasteiger partial charge in [0.15, 0.2) is 0 Å². The zero-order valence-electron chi connectivity index (χ0n) is 15.9. The number of benzene rings is 2. The van der Waals surface area contributed by atoms with Crippen molar-refractivity contribution in [3.05, 3.63) is 58.7 Å². The Labute approximate surface area is 156 Å². The van der Waals surface area contributed by atoms with Gasteiger partial charge in [0.1, 0.15) is 0 Å². The molecule has 5 heteroatoms. The van der Waals surface area contributed by atoms with Crippen molar-refractivity contribution in [2.24, 2.45) is 0 Å². The van der Waals surface area contributed by atoms with Crippen LogP contribution in [0.15, 0.2) is 41.3 Å². The Morgan fingerprint density at radius 2 is 1.77 bits per heavy atom. The van der Waals surface area contributed by atoms with Crippen molar-refractivity contribution in [2.45, 2.75) is 44.0 Å². The van der Waals surface area contributed by atoms with Crippen molar-refractivity contribution in [1.82, 2.24) is 4.90 Å². The van der Waals surface area contributed by atoms with E-state index >= 15 is 0 Å². The number of hydrogen-bond acceptors (Lipinski definition) is 3. The topological polar surface area (TPSA) is 40.6 Å². The highest BCUT2D eigenvalue weighted by Gasteiger charge is 2.46. The number of aryl methyl sites for hydroxylation is 3. The monoisotopic (exact) mass is 370 g/mol. The van der Waals surface area contributed by atoms with Gasteiger partial charge >= 0.3 is 0 Å². The van der Waals surface area contributed by atoms with Crippen LogP contribution in [0.3, 0.4) is 0 Å². The van der Waals surface area contributed by atoms with Crippen LogP contribution in [-0.2, 0) is 10.0 Å². The van der Waals surface area contributed by atoms with E-state index in [9.17, 15) is 8.42 Å². The third-order valence-corrected chi connectivity index (χ3v) is 7.77. The lowest BCUT2D eigenvalue weighted by atomic mass is 9.89. The first-order chi connectivity index (χ1) is 12.3. The van der Waals surface area contributed by atoms with Gasteiger partial charge in [0.25, 0.3) is 10.0 Å². The van der Waals surface area contributed by atoms with Gasteiger partial charge in [-0.15, -0.1) is 0 Å². The normalized spacial score (nSPS) is 23.0. The van der Waals surface area contributed by atoms with Crippen LogP contribution in [0.5, 0.6) is 0 Å². The fourth-order valence-corrected chi connectivity index (χ4v) is 6.16. The maximum Gasteiger partial charge on any atom is 0.264 e. The highest BCUT2D eigenvalue weighted by atomic mass is 32.2. The largest absolute Gasteiger partial charge is 0.306 e. The number of piperidine rings is 1. The summed E-state index contributed by atoms with van der Waals surface area (Å²) in [5.74, 6) is 0.241. The number of sulfonamides is 1. The lowest BCUT2D eigenvalue weighted by Crippen LogP contribution is -2.47. The number of rotatable bonds is 2. The average Bonchev–Trinajstić information content (AvgIpc) is 2.91. The van der Waals surface area contributed by atoms with E-state index in [1.54, 1.807) is 16.4 Å². The first-order valence-electron chi connectivity index (χ1n) is 9.20. The molecule has 1 saturated heterocycles. The molecule has 0 N–H and O–H groups in total. The van der Waals surface area contributed by atoms with Crippen LogP contribution < -0.4 is 4.31 Å². The molecular formula is C21H26N2O2S. The molecule has 0 spiro atoms. The number of hydrogen-bond donors (Lipinski definition) is 0. The number of likely N-dealkylation sites (tertiary alicyclic amines) is 1. The Morgan fingerprint density at radius 3 is 2.50 bits per heavy atom. The second kappa shape index (κ2) is 6.10. The van der Waals surface area contributed by atoms with E-state index in [-0.39, 0.29) is 12.0 Å². The van der Waals surface area contributed by atoms with Crippen LogP contribution in [0.1, 0.15) is 34.6 Å². The third-order valence-electron chi connectivity index (χ3n) is 5.94. The van der Waals surface area contributed by atoms with Crippen molar-refractivity contribution in [3.63, 3.8) is 0 Å². The Balaban J connectivity index is 1.86. The number of fused-ring (bicyclic) bond motifs is 3. The van der Waals surface area contributed by atoms with E-state index in [0.717, 1.165) is 36.3 Å². The van der Waals surface area contributed by atoms with Crippen LogP contribution >= 0.6 is 0 Å². The Bertz CT molecular complexity index is 968. The zero-order valence-corrected chi connectivity index (χ0v) is 16.7. The SMILES string of the molecule is Cc1ccc2c(c1)[C@@H]1CN(C)CC[C@@H]1N2S(=O)(=O)c1ccc(C)c(C)c1. The van der Waals surface area contributed by atoms with Crippen molar-refractivity contribution >= 4 is 15.7 Å². The molecule has 0 saturated carbocycles. The summed E-state index contributed by atoms with van der Waals surface area (Å²) in [6.45, 7) is 7.87. The minimum absolute atomic E-state index is 0.00890. The van der Waals surface area contributed by atoms with Crippen LogP contribution in [0, 0.1) is 20.8 Å². The quantitative estimate of drug-likeness (QED) is 0.811. The Hall–Kier alpha value is -1.85. The summed E-state index contributed by atoms with van der Waals surface area (Å²) in [5, 5.41) is 0. The highest BCUT2D eigenvalue weighted by Crippen LogP contribution is 2.47. The van der Waals surface area contributed by atoms with Gasteiger partial charge in [-0.2, -0.15) is 0 Å². The van der Waals surface area contributed by atoms with Crippen LogP contribution in [0.25, 0.3) is 0 Å². The fourth-order valence-electron chi connectivity index (χ4n) is 4.33. The van der Waals surface area contributed by atoms with Gasteiger partial charge in [0, 0.05) is 12.5 Å². The summed E-state index contributed by atoms with van der Waals surface area (Å²) in [5.41, 5.74) is 5.34. The van der Waals surface area contributed by atoms with Gasteiger partial charge in [-0.25, -0.2) is 8.42 Å².